The molecule has 1 aromatic carbocycles. The van der Waals surface area contributed by atoms with Gasteiger partial charge in [-0.2, -0.15) is 0 Å². The summed E-state index contributed by atoms with van der Waals surface area (Å²) in [5.74, 6) is 2.25. The van der Waals surface area contributed by atoms with Crippen LogP contribution in [0.2, 0.25) is 0 Å². The van der Waals surface area contributed by atoms with E-state index < -0.39 is 0 Å². The van der Waals surface area contributed by atoms with Crippen molar-refractivity contribution in [1.29, 1.82) is 0 Å². The van der Waals surface area contributed by atoms with Crippen molar-refractivity contribution in [2.75, 3.05) is 6.61 Å². The Hall–Kier alpha value is -1.90. The van der Waals surface area contributed by atoms with Crippen LogP contribution in [0.1, 0.15) is 56.6 Å². The van der Waals surface area contributed by atoms with Gasteiger partial charge in [0.2, 0.25) is 0 Å². The predicted molar refractivity (Wildman–Crippen MR) is 93.3 cm³/mol. The quantitative estimate of drug-likeness (QED) is 0.778. The zero-order chi connectivity index (χ0) is 16.2. The number of nitrogens with zero attached hydrogens (tertiary/aromatic N) is 1. The van der Waals surface area contributed by atoms with Gasteiger partial charge in [-0.3, -0.25) is 9.79 Å². The minimum atomic E-state index is 0.290. The molecule has 3 nitrogen and oxygen atoms in total. The maximum atomic E-state index is 11.7. The maximum Gasteiger partial charge on any atom is 0.136 e. The molecule has 0 aromatic heterocycles. The van der Waals surface area contributed by atoms with E-state index >= 15 is 0 Å². The van der Waals surface area contributed by atoms with Crippen LogP contribution >= 0.6 is 0 Å². The van der Waals surface area contributed by atoms with Gasteiger partial charge < -0.3 is 4.74 Å². The van der Waals surface area contributed by atoms with E-state index in [1.807, 2.05) is 25.3 Å². The topological polar surface area (TPSA) is 38.7 Å². The molecule has 3 rings (SSSR count). The number of allylic oxidation sites excluding steroid dienone is 2. The van der Waals surface area contributed by atoms with E-state index in [9.17, 15) is 4.79 Å². The number of carbonyl (C=O) groups excluding carboxylic acids is 1. The van der Waals surface area contributed by atoms with Crippen LogP contribution in [0.15, 0.2) is 35.0 Å². The van der Waals surface area contributed by atoms with Crippen LogP contribution in [0, 0.1) is 5.92 Å². The number of hydrogen-bond acceptors (Lipinski definition) is 3. The van der Waals surface area contributed by atoms with Crippen LogP contribution in [0.3, 0.4) is 0 Å². The Balaban J connectivity index is 1.72. The maximum absolute atomic E-state index is 11.7. The highest BCUT2D eigenvalue weighted by Crippen LogP contribution is 2.38. The summed E-state index contributed by atoms with van der Waals surface area (Å²) in [5, 5.41) is 0. The number of ether oxygens (including phenoxy) is 1. The molecule has 1 aromatic rings. The molecule has 2 aliphatic rings. The number of Topliss-reactive ketones (excluding diaryl/α,β-unsaturated/α-hetero) is 1. The number of carbonyl (C=O) groups is 1. The third-order valence-corrected chi connectivity index (χ3v) is 4.71. The third-order valence-electron chi connectivity index (χ3n) is 4.71. The van der Waals surface area contributed by atoms with Crippen molar-refractivity contribution >= 4 is 12.0 Å². The lowest BCUT2D eigenvalue weighted by Gasteiger charge is -2.26. The number of ketones is 1. The zero-order valence-electron chi connectivity index (χ0n) is 14.0. The fourth-order valence-corrected chi connectivity index (χ4v) is 3.35. The van der Waals surface area contributed by atoms with Gasteiger partial charge in [0.05, 0.1) is 6.61 Å². The average Bonchev–Trinajstić information content (AvgIpc) is 2.98. The summed E-state index contributed by atoms with van der Waals surface area (Å²) in [6, 6.07) is 6.25. The summed E-state index contributed by atoms with van der Waals surface area (Å²) in [6.07, 6.45) is 8.55. The molecular weight excluding hydrogens is 286 g/mol. The smallest absolute Gasteiger partial charge is 0.136 e. The highest BCUT2D eigenvalue weighted by atomic mass is 16.5. The van der Waals surface area contributed by atoms with Crippen molar-refractivity contribution in [3.05, 3.63) is 41.1 Å². The molecule has 0 saturated carbocycles. The molecule has 3 heteroatoms. The largest absolute Gasteiger partial charge is 0.493 e. The van der Waals surface area contributed by atoms with Crippen LogP contribution in [-0.2, 0) is 11.2 Å². The lowest BCUT2D eigenvalue weighted by atomic mass is 9.87. The van der Waals surface area contributed by atoms with E-state index in [4.69, 9.17) is 4.74 Å². The molecule has 122 valence electrons. The summed E-state index contributed by atoms with van der Waals surface area (Å²) < 4.78 is 5.80. The van der Waals surface area contributed by atoms with Gasteiger partial charge in [-0.25, -0.2) is 0 Å². The monoisotopic (exact) mass is 311 g/mol. The molecule has 0 bridgehead atoms. The molecule has 2 aliphatic heterocycles. The lowest BCUT2D eigenvalue weighted by molar-refractivity contribution is -0.118. The molecule has 0 fully saturated rings. The number of hydrogen-bond donors (Lipinski definition) is 0. The Morgan fingerprint density at radius 3 is 3.00 bits per heavy atom. The average molecular weight is 311 g/mol. The van der Waals surface area contributed by atoms with Crippen molar-refractivity contribution in [2.45, 2.75) is 51.9 Å². The van der Waals surface area contributed by atoms with Gasteiger partial charge in [-0.05, 0) is 42.4 Å². The molecule has 23 heavy (non-hydrogen) atoms. The summed E-state index contributed by atoms with van der Waals surface area (Å²) in [6.45, 7) is 4.87. The minimum Gasteiger partial charge on any atom is -0.493 e. The van der Waals surface area contributed by atoms with Gasteiger partial charge in [0.15, 0.2) is 0 Å². The molecule has 0 N–H and O–H groups in total. The van der Waals surface area contributed by atoms with Gasteiger partial charge in [-0.1, -0.05) is 32.1 Å². The zero-order valence-corrected chi connectivity index (χ0v) is 14.0. The van der Waals surface area contributed by atoms with Crippen LogP contribution < -0.4 is 4.74 Å². The number of benzene rings is 1. The van der Waals surface area contributed by atoms with E-state index in [0.29, 0.717) is 24.7 Å². The Kier molecular flexibility index (Phi) is 4.94. The van der Waals surface area contributed by atoms with Crippen molar-refractivity contribution in [3.8, 4) is 5.75 Å². The number of rotatable bonds is 6. The molecule has 2 atom stereocenters. The predicted octanol–water partition coefficient (Wildman–Crippen LogP) is 4.46. The third kappa shape index (κ3) is 3.90. The van der Waals surface area contributed by atoms with E-state index in [2.05, 4.69) is 24.1 Å². The van der Waals surface area contributed by atoms with Crippen LogP contribution in [0.25, 0.3) is 0 Å². The standard InChI is InChI=1S/C20H25NO2/c1-3-18(22)11-15-4-7-20-19(12-15)16(8-9-23-20)5-6-17-10-14(2)13-21-17/h4,7,10,12-14,16H,3,5-6,8-9,11H2,1-2H3. The fourth-order valence-electron chi connectivity index (χ4n) is 3.35. The van der Waals surface area contributed by atoms with Gasteiger partial charge in [0.25, 0.3) is 0 Å². The van der Waals surface area contributed by atoms with Crippen molar-refractivity contribution in [1.82, 2.24) is 0 Å². The van der Waals surface area contributed by atoms with Gasteiger partial charge >= 0.3 is 0 Å². The number of aliphatic imine (C=N–C) groups is 1. The van der Waals surface area contributed by atoms with E-state index in [0.717, 1.165) is 37.2 Å². The van der Waals surface area contributed by atoms with Crippen LogP contribution in [-0.4, -0.2) is 18.6 Å². The molecular formula is C20H25NO2. The highest BCUT2D eigenvalue weighted by molar-refractivity contribution is 5.80. The van der Waals surface area contributed by atoms with Crippen LogP contribution in [0.4, 0.5) is 0 Å². The first-order valence-corrected chi connectivity index (χ1v) is 8.68. The fraction of sp³-hybridized carbons (Fsp3) is 0.500. The second-order valence-electron chi connectivity index (χ2n) is 6.61. The number of fused-ring (bicyclic) bond motifs is 1. The molecule has 0 radical (unpaired) electrons. The second kappa shape index (κ2) is 7.12. The summed E-state index contributed by atoms with van der Waals surface area (Å²) in [4.78, 5) is 16.2. The first-order valence-electron chi connectivity index (χ1n) is 8.68. The Morgan fingerprint density at radius 1 is 1.39 bits per heavy atom. The summed E-state index contributed by atoms with van der Waals surface area (Å²) >= 11 is 0. The van der Waals surface area contributed by atoms with Gasteiger partial charge in [-0.15, -0.1) is 0 Å². The molecule has 0 spiro atoms. The Morgan fingerprint density at radius 2 is 2.26 bits per heavy atom. The summed E-state index contributed by atoms with van der Waals surface area (Å²) in [5.41, 5.74) is 3.59. The Bertz CT molecular complexity index is 645. The van der Waals surface area contributed by atoms with Crippen LogP contribution in [0.5, 0.6) is 5.75 Å². The lowest BCUT2D eigenvalue weighted by Crippen LogP contribution is -2.15. The van der Waals surface area contributed by atoms with Gasteiger partial charge in [0, 0.05) is 30.7 Å². The first kappa shape index (κ1) is 16.0. The van der Waals surface area contributed by atoms with E-state index in [1.165, 1.54) is 11.3 Å². The molecule has 2 unspecified atom stereocenters. The van der Waals surface area contributed by atoms with Crippen molar-refractivity contribution in [3.63, 3.8) is 0 Å². The van der Waals surface area contributed by atoms with Gasteiger partial charge in [0.1, 0.15) is 11.5 Å². The highest BCUT2D eigenvalue weighted by Gasteiger charge is 2.22. The van der Waals surface area contributed by atoms with Crippen molar-refractivity contribution < 1.29 is 9.53 Å². The molecule has 0 aliphatic carbocycles. The second-order valence-corrected chi connectivity index (χ2v) is 6.61. The minimum absolute atomic E-state index is 0.290. The van der Waals surface area contributed by atoms with E-state index in [-0.39, 0.29) is 5.78 Å². The molecule has 2 heterocycles. The SMILES string of the molecule is CCC(=O)Cc1ccc2c(c1)C(CCC1=CC(C)C=N1)CCO2. The van der Waals surface area contributed by atoms with E-state index in [1.54, 1.807) is 0 Å². The summed E-state index contributed by atoms with van der Waals surface area (Å²) in [7, 11) is 0. The molecule has 0 saturated heterocycles. The normalized spacial score (nSPS) is 22.4. The molecule has 0 amide bonds. The first-order chi connectivity index (χ1) is 11.2. The Labute approximate surface area is 138 Å². The van der Waals surface area contributed by atoms with Crippen molar-refractivity contribution in [2.24, 2.45) is 10.9 Å².